The van der Waals surface area contributed by atoms with E-state index < -0.39 is 0 Å². The normalized spacial score (nSPS) is 11.3. The lowest BCUT2D eigenvalue weighted by Gasteiger charge is -2.09. The van der Waals surface area contributed by atoms with Gasteiger partial charge in [-0.3, -0.25) is 0 Å². The molecule has 0 bridgehead atoms. The van der Waals surface area contributed by atoms with E-state index in [1.807, 2.05) is 17.4 Å². The van der Waals surface area contributed by atoms with Crippen LogP contribution in [0, 0.1) is 5.82 Å². The molecule has 0 nitrogen and oxygen atoms in total. The van der Waals surface area contributed by atoms with Crippen molar-refractivity contribution in [3.05, 3.63) is 145 Å². The minimum absolute atomic E-state index is 0.217. The van der Waals surface area contributed by atoms with Crippen LogP contribution in [-0.2, 0) is 0 Å². The summed E-state index contributed by atoms with van der Waals surface area (Å²) in [6.45, 7) is 0. The number of fused-ring (bicyclic) bond motifs is 3. The first-order valence-electron chi connectivity index (χ1n) is 12.7. The summed E-state index contributed by atoms with van der Waals surface area (Å²) in [6, 6.07) is 47.9. The van der Waals surface area contributed by atoms with Gasteiger partial charge in [0, 0.05) is 20.2 Å². The molecule has 0 aliphatic rings. The van der Waals surface area contributed by atoms with E-state index in [-0.39, 0.29) is 5.82 Å². The summed E-state index contributed by atoms with van der Waals surface area (Å²) in [7, 11) is 0. The van der Waals surface area contributed by atoms with Crippen molar-refractivity contribution in [2.45, 2.75) is 0 Å². The van der Waals surface area contributed by atoms with Gasteiger partial charge in [0.25, 0.3) is 0 Å². The minimum Gasteiger partial charge on any atom is -0.207 e. The van der Waals surface area contributed by atoms with E-state index in [1.165, 1.54) is 48.5 Å². The van der Waals surface area contributed by atoms with E-state index >= 15 is 0 Å². The van der Waals surface area contributed by atoms with Crippen LogP contribution in [0.15, 0.2) is 140 Å². The predicted molar refractivity (Wildman–Crippen MR) is 161 cm³/mol. The molecule has 0 spiro atoms. The molecule has 7 aromatic rings. The Bertz CT molecular complexity index is 1910. The average Bonchev–Trinajstić information content (AvgIpc) is 3.35. The molecular formula is C36H23FS. The van der Waals surface area contributed by atoms with Crippen molar-refractivity contribution in [3.8, 4) is 44.5 Å². The fourth-order valence-corrected chi connectivity index (χ4v) is 6.25. The van der Waals surface area contributed by atoms with Gasteiger partial charge in [0.2, 0.25) is 0 Å². The smallest absolute Gasteiger partial charge is 0.123 e. The van der Waals surface area contributed by atoms with Crippen LogP contribution in [0.4, 0.5) is 4.39 Å². The molecule has 180 valence electrons. The highest BCUT2D eigenvalue weighted by atomic mass is 32.1. The van der Waals surface area contributed by atoms with E-state index in [0.29, 0.717) is 0 Å². The Morgan fingerprint density at radius 1 is 0.342 bits per heavy atom. The largest absolute Gasteiger partial charge is 0.207 e. The zero-order valence-electron chi connectivity index (χ0n) is 20.6. The van der Waals surface area contributed by atoms with Gasteiger partial charge in [0.05, 0.1) is 0 Å². The minimum atomic E-state index is -0.217. The molecular weight excluding hydrogens is 483 g/mol. The lowest BCUT2D eigenvalue weighted by atomic mass is 9.96. The van der Waals surface area contributed by atoms with Gasteiger partial charge in [-0.1, -0.05) is 103 Å². The zero-order valence-corrected chi connectivity index (χ0v) is 21.4. The maximum absolute atomic E-state index is 13.6. The standard InChI is InChI=1S/C36H23FS/c37-32-8-4-7-30(22-32)26-15-11-24(12-16-26)28-5-3-6-29(21-28)25-13-17-27(18-14-25)31-19-20-36-34(23-31)33-9-1-2-10-35(33)38-36/h1-23H. The second kappa shape index (κ2) is 9.41. The topological polar surface area (TPSA) is 0 Å². The Morgan fingerprint density at radius 2 is 0.816 bits per heavy atom. The number of hydrogen-bond donors (Lipinski definition) is 0. The zero-order chi connectivity index (χ0) is 25.5. The van der Waals surface area contributed by atoms with E-state index in [2.05, 4.69) is 115 Å². The van der Waals surface area contributed by atoms with Gasteiger partial charge in [-0.15, -0.1) is 11.3 Å². The number of hydrogen-bond acceptors (Lipinski definition) is 1. The molecule has 0 radical (unpaired) electrons. The van der Waals surface area contributed by atoms with Crippen LogP contribution in [0.1, 0.15) is 0 Å². The SMILES string of the molecule is Fc1cccc(-c2ccc(-c3cccc(-c4ccc(-c5ccc6sc7ccccc7c6c5)cc4)c3)cc2)c1. The third kappa shape index (κ3) is 4.19. The van der Waals surface area contributed by atoms with Gasteiger partial charge in [-0.25, -0.2) is 4.39 Å². The van der Waals surface area contributed by atoms with Crippen LogP contribution in [0.2, 0.25) is 0 Å². The van der Waals surface area contributed by atoms with Gasteiger partial charge in [0.15, 0.2) is 0 Å². The molecule has 0 atom stereocenters. The van der Waals surface area contributed by atoms with Crippen molar-refractivity contribution in [2.75, 3.05) is 0 Å². The highest BCUT2D eigenvalue weighted by molar-refractivity contribution is 7.25. The molecule has 0 amide bonds. The molecule has 6 aromatic carbocycles. The Hall–Kier alpha value is -4.53. The van der Waals surface area contributed by atoms with Crippen molar-refractivity contribution < 1.29 is 4.39 Å². The van der Waals surface area contributed by atoms with Crippen LogP contribution < -0.4 is 0 Å². The Labute approximate surface area is 225 Å². The van der Waals surface area contributed by atoms with E-state index in [0.717, 1.165) is 22.3 Å². The van der Waals surface area contributed by atoms with Gasteiger partial charge in [0.1, 0.15) is 5.82 Å². The van der Waals surface area contributed by atoms with Crippen molar-refractivity contribution in [3.63, 3.8) is 0 Å². The van der Waals surface area contributed by atoms with Crippen molar-refractivity contribution in [1.82, 2.24) is 0 Å². The Balaban J connectivity index is 1.17. The summed E-state index contributed by atoms with van der Waals surface area (Å²) < 4.78 is 16.3. The number of rotatable bonds is 4. The molecule has 1 aromatic heterocycles. The lowest BCUT2D eigenvalue weighted by molar-refractivity contribution is 0.628. The first kappa shape index (κ1) is 22.7. The molecule has 0 N–H and O–H groups in total. The lowest BCUT2D eigenvalue weighted by Crippen LogP contribution is -1.84. The monoisotopic (exact) mass is 506 g/mol. The van der Waals surface area contributed by atoms with E-state index in [9.17, 15) is 4.39 Å². The van der Waals surface area contributed by atoms with Gasteiger partial charge < -0.3 is 0 Å². The summed E-state index contributed by atoms with van der Waals surface area (Å²) >= 11 is 1.85. The Kier molecular flexibility index (Phi) is 5.61. The maximum Gasteiger partial charge on any atom is 0.123 e. The molecule has 1 heterocycles. The molecule has 38 heavy (non-hydrogen) atoms. The van der Waals surface area contributed by atoms with Crippen molar-refractivity contribution in [1.29, 1.82) is 0 Å². The first-order chi connectivity index (χ1) is 18.7. The fourth-order valence-electron chi connectivity index (χ4n) is 5.16. The number of halogens is 1. The molecule has 0 saturated heterocycles. The summed E-state index contributed by atoms with van der Waals surface area (Å²) in [5.41, 5.74) is 9.02. The molecule has 0 aliphatic carbocycles. The molecule has 7 rings (SSSR count). The predicted octanol–water partition coefficient (Wildman–Crippen LogP) is 10.9. The average molecular weight is 507 g/mol. The molecule has 0 fully saturated rings. The number of thiophene rings is 1. The fraction of sp³-hybridized carbons (Fsp3) is 0. The van der Waals surface area contributed by atoms with Crippen molar-refractivity contribution in [2.24, 2.45) is 0 Å². The second-order valence-corrected chi connectivity index (χ2v) is 10.6. The highest BCUT2D eigenvalue weighted by Gasteiger charge is 2.08. The van der Waals surface area contributed by atoms with E-state index in [1.54, 1.807) is 12.1 Å². The quantitative estimate of drug-likeness (QED) is 0.223. The van der Waals surface area contributed by atoms with Crippen LogP contribution in [0.3, 0.4) is 0 Å². The van der Waals surface area contributed by atoms with Gasteiger partial charge in [-0.05, 0) is 80.9 Å². The molecule has 0 unspecified atom stereocenters. The highest BCUT2D eigenvalue weighted by Crippen LogP contribution is 2.37. The van der Waals surface area contributed by atoms with Crippen LogP contribution in [0.5, 0.6) is 0 Å². The summed E-state index contributed by atoms with van der Waals surface area (Å²) in [6.07, 6.45) is 0. The number of benzene rings is 6. The van der Waals surface area contributed by atoms with E-state index in [4.69, 9.17) is 0 Å². The Morgan fingerprint density at radius 3 is 1.42 bits per heavy atom. The summed E-state index contributed by atoms with van der Waals surface area (Å²) in [4.78, 5) is 0. The maximum atomic E-state index is 13.6. The summed E-state index contributed by atoms with van der Waals surface area (Å²) in [5.74, 6) is -0.217. The molecule has 0 aliphatic heterocycles. The van der Waals surface area contributed by atoms with Crippen LogP contribution in [0.25, 0.3) is 64.7 Å². The third-order valence-corrected chi connectivity index (χ3v) is 8.32. The van der Waals surface area contributed by atoms with Crippen molar-refractivity contribution >= 4 is 31.5 Å². The summed E-state index contributed by atoms with van der Waals surface area (Å²) in [5, 5.41) is 2.65. The second-order valence-electron chi connectivity index (χ2n) is 9.56. The third-order valence-electron chi connectivity index (χ3n) is 7.17. The van der Waals surface area contributed by atoms with Crippen LogP contribution in [-0.4, -0.2) is 0 Å². The van der Waals surface area contributed by atoms with Crippen LogP contribution >= 0.6 is 11.3 Å². The first-order valence-corrected chi connectivity index (χ1v) is 13.5. The molecule has 2 heteroatoms. The molecule has 0 saturated carbocycles. The van der Waals surface area contributed by atoms with Gasteiger partial charge >= 0.3 is 0 Å². The van der Waals surface area contributed by atoms with Gasteiger partial charge in [-0.2, -0.15) is 0 Å².